The summed E-state index contributed by atoms with van der Waals surface area (Å²) in [7, 11) is 1.97. The van der Waals surface area contributed by atoms with Gasteiger partial charge in [-0.15, -0.1) is 0 Å². The number of benzene rings is 1. The molecule has 1 unspecified atom stereocenters. The first-order valence-electron chi connectivity index (χ1n) is 9.34. The van der Waals surface area contributed by atoms with Crippen molar-refractivity contribution in [3.05, 3.63) is 59.4 Å². The minimum atomic E-state index is -0.328. The smallest absolute Gasteiger partial charge is 0.410 e. The second kappa shape index (κ2) is 6.85. The Bertz CT molecular complexity index is 861. The third kappa shape index (κ3) is 3.37. The normalized spacial score (nSPS) is 22.6. The summed E-state index contributed by atoms with van der Waals surface area (Å²) in [6.45, 7) is 4.98. The summed E-state index contributed by atoms with van der Waals surface area (Å²) >= 11 is 0. The molecule has 27 heavy (non-hydrogen) atoms. The summed E-state index contributed by atoms with van der Waals surface area (Å²) in [6.07, 6.45) is 2.46. The lowest BCUT2D eigenvalue weighted by molar-refractivity contribution is 0.0466. The van der Waals surface area contributed by atoms with Gasteiger partial charge in [0.2, 0.25) is 0 Å². The average molecular weight is 367 g/mol. The molecular weight excluding hydrogens is 342 g/mol. The van der Waals surface area contributed by atoms with E-state index in [0.717, 1.165) is 37.3 Å². The van der Waals surface area contributed by atoms with E-state index >= 15 is 0 Å². The van der Waals surface area contributed by atoms with Crippen molar-refractivity contribution in [2.75, 3.05) is 26.2 Å². The Morgan fingerprint density at radius 2 is 2.00 bits per heavy atom. The molecule has 2 aliphatic rings. The number of ketones is 1. The number of aromatic nitrogens is 1. The van der Waals surface area contributed by atoms with Gasteiger partial charge < -0.3 is 9.30 Å². The van der Waals surface area contributed by atoms with Crippen LogP contribution in [0.3, 0.4) is 0 Å². The second-order valence-corrected chi connectivity index (χ2v) is 7.69. The molecule has 142 valence electrons. The predicted molar refractivity (Wildman–Crippen MR) is 102 cm³/mol. The van der Waals surface area contributed by atoms with E-state index in [9.17, 15) is 9.59 Å². The monoisotopic (exact) mass is 367 g/mol. The first kappa shape index (κ1) is 17.8. The number of aryl methyl sites for hydroxylation is 1. The Morgan fingerprint density at radius 3 is 2.70 bits per heavy atom. The number of nitrogens with zero attached hydrogens (tertiary/aromatic N) is 3. The number of ether oxygens (including phenoxy) is 1. The average Bonchev–Trinajstić information content (AvgIpc) is 3.17. The molecular formula is C21H25N3O3. The van der Waals surface area contributed by atoms with E-state index in [1.165, 1.54) is 5.56 Å². The van der Waals surface area contributed by atoms with Crippen LogP contribution in [0.4, 0.5) is 4.79 Å². The largest absolute Gasteiger partial charge is 0.447 e. The Labute approximate surface area is 159 Å². The Balaban J connectivity index is 1.55. The van der Waals surface area contributed by atoms with Crippen LogP contribution in [0.1, 0.15) is 28.5 Å². The number of carbonyl (C=O) groups excluding carboxylic acids is 2. The van der Waals surface area contributed by atoms with Gasteiger partial charge in [-0.3, -0.25) is 14.6 Å². The van der Waals surface area contributed by atoms with Crippen LogP contribution in [0.25, 0.3) is 0 Å². The van der Waals surface area contributed by atoms with Crippen molar-refractivity contribution in [3.8, 4) is 0 Å². The fourth-order valence-corrected chi connectivity index (χ4v) is 4.24. The van der Waals surface area contributed by atoms with Crippen molar-refractivity contribution in [2.24, 2.45) is 7.05 Å². The highest BCUT2D eigenvalue weighted by Gasteiger charge is 2.50. The van der Waals surface area contributed by atoms with Crippen molar-refractivity contribution in [2.45, 2.75) is 25.4 Å². The van der Waals surface area contributed by atoms with E-state index in [1.54, 1.807) is 6.92 Å². The molecule has 1 amide bonds. The van der Waals surface area contributed by atoms with Crippen LogP contribution in [-0.2, 0) is 24.8 Å². The number of hydrogen-bond acceptors (Lipinski definition) is 4. The maximum absolute atomic E-state index is 12.2. The van der Waals surface area contributed by atoms with E-state index < -0.39 is 0 Å². The van der Waals surface area contributed by atoms with Crippen LogP contribution < -0.4 is 0 Å². The Hall–Kier alpha value is -2.60. The van der Waals surface area contributed by atoms with Gasteiger partial charge in [0.25, 0.3) is 0 Å². The third-order valence-corrected chi connectivity index (χ3v) is 5.69. The van der Waals surface area contributed by atoms with Gasteiger partial charge in [0.05, 0.1) is 5.54 Å². The fraction of sp³-hybridized carbons (Fsp3) is 0.429. The summed E-state index contributed by atoms with van der Waals surface area (Å²) in [4.78, 5) is 28.2. The van der Waals surface area contributed by atoms with Crippen LogP contribution >= 0.6 is 0 Å². The summed E-state index contributed by atoms with van der Waals surface area (Å²) in [5.41, 5.74) is 2.73. The number of Topliss-reactive ketones (excluding diaryl/α,β-unsaturated/α-hetero) is 1. The lowest BCUT2D eigenvalue weighted by Gasteiger charge is -2.44. The molecule has 0 radical (unpaired) electrons. The zero-order valence-corrected chi connectivity index (χ0v) is 15.9. The molecule has 1 atom stereocenters. The lowest BCUT2D eigenvalue weighted by Crippen LogP contribution is -2.62. The van der Waals surface area contributed by atoms with E-state index in [1.807, 2.05) is 47.0 Å². The SMILES string of the molecule is CC(=O)c1cc(CN2CCN3C(=O)OCC3(Cc3ccccc3)C2)n(C)c1. The summed E-state index contributed by atoms with van der Waals surface area (Å²) in [5, 5.41) is 0. The number of hydrogen-bond donors (Lipinski definition) is 0. The second-order valence-electron chi connectivity index (χ2n) is 7.69. The Morgan fingerprint density at radius 1 is 1.22 bits per heavy atom. The molecule has 6 nitrogen and oxygen atoms in total. The molecule has 2 fully saturated rings. The maximum Gasteiger partial charge on any atom is 0.410 e. The Kier molecular flexibility index (Phi) is 4.52. The van der Waals surface area contributed by atoms with Gasteiger partial charge in [-0.1, -0.05) is 30.3 Å². The third-order valence-electron chi connectivity index (χ3n) is 5.69. The number of rotatable bonds is 5. The van der Waals surface area contributed by atoms with Gasteiger partial charge in [0.1, 0.15) is 6.61 Å². The highest BCUT2D eigenvalue weighted by Crippen LogP contribution is 2.33. The van der Waals surface area contributed by atoms with E-state index in [-0.39, 0.29) is 17.4 Å². The zero-order valence-electron chi connectivity index (χ0n) is 15.9. The number of fused-ring (bicyclic) bond motifs is 1. The highest BCUT2D eigenvalue weighted by atomic mass is 16.6. The molecule has 0 bridgehead atoms. The minimum absolute atomic E-state index is 0.0806. The van der Waals surface area contributed by atoms with Crippen LogP contribution in [0.5, 0.6) is 0 Å². The number of piperazine rings is 1. The van der Waals surface area contributed by atoms with Crippen LogP contribution in [0.2, 0.25) is 0 Å². The van der Waals surface area contributed by atoms with Gasteiger partial charge in [-0.2, -0.15) is 0 Å². The number of carbonyl (C=O) groups is 2. The quantitative estimate of drug-likeness (QED) is 0.762. The molecule has 6 heteroatoms. The van der Waals surface area contributed by atoms with Crippen LogP contribution in [-0.4, -0.2) is 58.0 Å². The molecule has 3 heterocycles. The van der Waals surface area contributed by atoms with Gasteiger partial charge in [0, 0.05) is 57.1 Å². The van der Waals surface area contributed by atoms with Crippen molar-refractivity contribution in [1.29, 1.82) is 0 Å². The van der Waals surface area contributed by atoms with Crippen molar-refractivity contribution in [1.82, 2.24) is 14.4 Å². The van der Waals surface area contributed by atoms with Crippen molar-refractivity contribution in [3.63, 3.8) is 0 Å². The number of cyclic esters (lactones) is 1. The van der Waals surface area contributed by atoms with Gasteiger partial charge in [-0.25, -0.2) is 4.79 Å². The lowest BCUT2D eigenvalue weighted by atomic mass is 9.88. The highest BCUT2D eigenvalue weighted by molar-refractivity contribution is 5.94. The molecule has 0 spiro atoms. The van der Waals surface area contributed by atoms with E-state index in [4.69, 9.17) is 4.74 Å². The standard InChI is InChI=1S/C21H25N3O3/c1-16(25)18-10-19(22(2)12-18)13-23-8-9-24-20(26)27-15-21(24,14-23)11-17-6-4-3-5-7-17/h3-7,10,12H,8-9,11,13-15H2,1-2H3. The molecule has 0 aliphatic carbocycles. The van der Waals surface area contributed by atoms with Gasteiger partial charge >= 0.3 is 6.09 Å². The van der Waals surface area contributed by atoms with Crippen molar-refractivity contribution >= 4 is 11.9 Å². The summed E-state index contributed by atoms with van der Waals surface area (Å²) in [5.74, 6) is 0.0806. The maximum atomic E-state index is 12.2. The van der Waals surface area contributed by atoms with E-state index in [0.29, 0.717) is 13.2 Å². The first-order valence-corrected chi connectivity index (χ1v) is 9.34. The first-order chi connectivity index (χ1) is 13.0. The molecule has 0 saturated carbocycles. The fourth-order valence-electron chi connectivity index (χ4n) is 4.24. The predicted octanol–water partition coefficient (Wildman–Crippen LogP) is 2.48. The van der Waals surface area contributed by atoms with E-state index in [2.05, 4.69) is 17.0 Å². The van der Waals surface area contributed by atoms with Crippen LogP contribution in [0, 0.1) is 0 Å². The zero-order chi connectivity index (χ0) is 19.0. The molecule has 1 aromatic heterocycles. The van der Waals surface area contributed by atoms with Gasteiger partial charge in [-0.05, 0) is 18.6 Å². The summed E-state index contributed by atoms with van der Waals surface area (Å²) in [6, 6.07) is 12.2. The summed E-state index contributed by atoms with van der Waals surface area (Å²) < 4.78 is 7.46. The van der Waals surface area contributed by atoms with Crippen molar-refractivity contribution < 1.29 is 14.3 Å². The van der Waals surface area contributed by atoms with Crippen LogP contribution in [0.15, 0.2) is 42.6 Å². The topological polar surface area (TPSA) is 54.8 Å². The molecule has 2 aromatic rings. The molecule has 2 aliphatic heterocycles. The minimum Gasteiger partial charge on any atom is -0.447 e. The molecule has 4 rings (SSSR count). The molecule has 1 aromatic carbocycles. The molecule has 0 N–H and O–H groups in total. The molecule has 2 saturated heterocycles. The number of amides is 1. The van der Waals surface area contributed by atoms with Gasteiger partial charge in [0.15, 0.2) is 5.78 Å².